The molecular formula is C17H27Cl2N3. The number of benzene rings is 1. The molecule has 1 unspecified atom stereocenters. The van der Waals surface area contributed by atoms with E-state index in [4.69, 9.17) is 23.2 Å². The molecule has 2 rings (SSSR count). The average molecular weight is 344 g/mol. The van der Waals surface area contributed by atoms with Crippen LogP contribution in [-0.2, 0) is 5.54 Å². The van der Waals surface area contributed by atoms with Gasteiger partial charge >= 0.3 is 0 Å². The van der Waals surface area contributed by atoms with Gasteiger partial charge in [0.1, 0.15) is 0 Å². The Balaban J connectivity index is 1.88. The largest absolute Gasteiger partial charge is 0.306 e. The Hall–Kier alpha value is -0.320. The van der Waals surface area contributed by atoms with Crippen LogP contribution in [-0.4, -0.2) is 30.7 Å². The van der Waals surface area contributed by atoms with Gasteiger partial charge < -0.3 is 5.32 Å². The summed E-state index contributed by atoms with van der Waals surface area (Å²) in [7, 11) is 0. The topological polar surface area (TPSA) is 27.3 Å². The standard InChI is InChI=1S/C17H27Cl2N3/c1-13(21-22-7-5-4-6-8-22)12-20-17(2,3)14-9-15(18)11-16(19)10-14/h9-11,13,20-21H,4-8,12H2,1-3H3. The minimum Gasteiger partial charge on any atom is -0.306 e. The number of hydrogen-bond acceptors (Lipinski definition) is 3. The van der Waals surface area contributed by atoms with Gasteiger partial charge in [0.2, 0.25) is 0 Å². The van der Waals surface area contributed by atoms with Crippen LogP contribution >= 0.6 is 23.2 Å². The van der Waals surface area contributed by atoms with Crippen LogP contribution in [0.25, 0.3) is 0 Å². The maximum atomic E-state index is 6.12. The third-order valence-corrected chi connectivity index (χ3v) is 4.63. The van der Waals surface area contributed by atoms with Gasteiger partial charge in [-0.1, -0.05) is 29.6 Å². The quantitative estimate of drug-likeness (QED) is 0.810. The molecule has 1 fully saturated rings. The lowest BCUT2D eigenvalue weighted by atomic mass is 9.94. The number of halogens is 2. The molecule has 0 amide bonds. The van der Waals surface area contributed by atoms with Gasteiger partial charge in [0.15, 0.2) is 0 Å². The highest BCUT2D eigenvalue weighted by atomic mass is 35.5. The Kier molecular flexibility index (Phi) is 6.54. The lowest BCUT2D eigenvalue weighted by molar-refractivity contribution is 0.129. The zero-order chi connectivity index (χ0) is 16.2. The van der Waals surface area contributed by atoms with Gasteiger partial charge in [-0.3, -0.25) is 5.43 Å². The van der Waals surface area contributed by atoms with Gasteiger partial charge in [-0.25, -0.2) is 5.01 Å². The van der Waals surface area contributed by atoms with E-state index in [9.17, 15) is 0 Å². The zero-order valence-corrected chi connectivity index (χ0v) is 15.3. The molecule has 0 saturated carbocycles. The number of hydrogen-bond donors (Lipinski definition) is 2. The van der Waals surface area contributed by atoms with E-state index in [1.807, 2.05) is 12.1 Å². The number of nitrogens with zero attached hydrogens (tertiary/aromatic N) is 1. The van der Waals surface area contributed by atoms with Gasteiger partial charge in [-0.15, -0.1) is 0 Å². The Bertz CT molecular complexity index is 465. The first-order valence-corrected chi connectivity index (χ1v) is 8.85. The van der Waals surface area contributed by atoms with E-state index < -0.39 is 0 Å². The first-order chi connectivity index (χ1) is 10.4. The molecule has 22 heavy (non-hydrogen) atoms. The van der Waals surface area contributed by atoms with E-state index in [2.05, 4.69) is 36.5 Å². The minimum atomic E-state index is -0.174. The van der Waals surface area contributed by atoms with E-state index in [-0.39, 0.29) is 5.54 Å². The summed E-state index contributed by atoms with van der Waals surface area (Å²) >= 11 is 12.2. The first kappa shape index (κ1) is 18.0. The molecule has 124 valence electrons. The normalized spacial score (nSPS) is 18.4. The van der Waals surface area contributed by atoms with Crippen LogP contribution in [0.3, 0.4) is 0 Å². The zero-order valence-electron chi connectivity index (χ0n) is 13.8. The summed E-state index contributed by atoms with van der Waals surface area (Å²) in [5.41, 5.74) is 4.52. The second-order valence-electron chi connectivity index (χ2n) is 6.74. The highest BCUT2D eigenvalue weighted by molar-refractivity contribution is 6.34. The molecule has 1 aliphatic rings. The van der Waals surface area contributed by atoms with Crippen LogP contribution in [0.5, 0.6) is 0 Å². The van der Waals surface area contributed by atoms with Crippen molar-refractivity contribution in [2.24, 2.45) is 0 Å². The van der Waals surface area contributed by atoms with Crippen molar-refractivity contribution in [3.63, 3.8) is 0 Å². The van der Waals surface area contributed by atoms with E-state index in [1.54, 1.807) is 6.07 Å². The molecule has 1 aromatic rings. The molecule has 0 bridgehead atoms. The molecule has 1 aromatic carbocycles. The van der Waals surface area contributed by atoms with Gasteiger partial charge in [-0.05, 0) is 57.4 Å². The summed E-state index contributed by atoms with van der Waals surface area (Å²) in [5, 5.41) is 7.31. The number of nitrogens with one attached hydrogen (secondary N) is 2. The molecule has 1 saturated heterocycles. The molecule has 0 aromatic heterocycles. The maximum absolute atomic E-state index is 6.12. The van der Waals surface area contributed by atoms with E-state index >= 15 is 0 Å². The predicted molar refractivity (Wildman–Crippen MR) is 95.5 cm³/mol. The van der Waals surface area contributed by atoms with Crippen molar-refractivity contribution in [2.45, 2.75) is 51.6 Å². The molecule has 1 atom stereocenters. The lowest BCUT2D eigenvalue weighted by Crippen LogP contribution is -2.51. The number of hydrazine groups is 1. The second-order valence-corrected chi connectivity index (χ2v) is 7.61. The molecule has 3 nitrogen and oxygen atoms in total. The maximum Gasteiger partial charge on any atom is 0.0424 e. The third kappa shape index (κ3) is 5.39. The molecule has 0 aliphatic carbocycles. The van der Waals surface area contributed by atoms with Crippen LogP contribution in [0.15, 0.2) is 18.2 Å². The molecule has 5 heteroatoms. The van der Waals surface area contributed by atoms with Gasteiger partial charge in [-0.2, -0.15) is 0 Å². The number of rotatable bonds is 6. The van der Waals surface area contributed by atoms with Gasteiger partial charge in [0.25, 0.3) is 0 Å². The Morgan fingerprint density at radius 3 is 2.27 bits per heavy atom. The summed E-state index contributed by atoms with van der Waals surface area (Å²) in [6.07, 6.45) is 3.94. The fraction of sp³-hybridized carbons (Fsp3) is 0.647. The van der Waals surface area contributed by atoms with Crippen LogP contribution in [0.4, 0.5) is 0 Å². The fourth-order valence-corrected chi connectivity index (χ4v) is 3.33. The summed E-state index contributed by atoms with van der Waals surface area (Å²) in [5.74, 6) is 0. The SMILES string of the molecule is CC(CNC(C)(C)c1cc(Cl)cc(Cl)c1)NN1CCCCC1. The predicted octanol–water partition coefficient (Wildman–Crippen LogP) is 4.20. The number of piperidine rings is 1. The lowest BCUT2D eigenvalue weighted by Gasteiger charge is -2.33. The fourth-order valence-electron chi connectivity index (χ4n) is 2.81. The van der Waals surface area contributed by atoms with Crippen LogP contribution in [0, 0.1) is 0 Å². The van der Waals surface area contributed by atoms with Crippen molar-refractivity contribution in [1.82, 2.24) is 15.8 Å². The summed E-state index contributed by atoms with van der Waals surface area (Å²) in [6, 6.07) is 6.10. The molecule has 0 spiro atoms. The molecule has 0 radical (unpaired) electrons. The van der Waals surface area contributed by atoms with Gasteiger partial charge in [0, 0.05) is 41.3 Å². The second kappa shape index (κ2) is 7.98. The van der Waals surface area contributed by atoms with Crippen LogP contribution < -0.4 is 10.7 Å². The monoisotopic (exact) mass is 343 g/mol. The Morgan fingerprint density at radius 1 is 1.09 bits per heavy atom. The Labute approximate surface area is 144 Å². The van der Waals surface area contributed by atoms with Gasteiger partial charge in [0.05, 0.1) is 0 Å². The molecule has 2 N–H and O–H groups in total. The first-order valence-electron chi connectivity index (χ1n) is 8.09. The molecule has 1 heterocycles. The Morgan fingerprint density at radius 2 is 1.68 bits per heavy atom. The van der Waals surface area contributed by atoms with Crippen LogP contribution in [0.2, 0.25) is 10.0 Å². The highest BCUT2D eigenvalue weighted by Gasteiger charge is 2.22. The van der Waals surface area contributed by atoms with E-state index in [0.717, 1.165) is 25.2 Å². The highest BCUT2D eigenvalue weighted by Crippen LogP contribution is 2.27. The molecular weight excluding hydrogens is 317 g/mol. The average Bonchev–Trinajstić information content (AvgIpc) is 2.45. The van der Waals surface area contributed by atoms with E-state index in [1.165, 1.54) is 19.3 Å². The smallest absolute Gasteiger partial charge is 0.0424 e. The summed E-state index contributed by atoms with van der Waals surface area (Å²) < 4.78 is 0. The van der Waals surface area contributed by atoms with Crippen molar-refractivity contribution < 1.29 is 0 Å². The van der Waals surface area contributed by atoms with Crippen molar-refractivity contribution >= 4 is 23.2 Å². The summed E-state index contributed by atoms with van der Waals surface area (Å²) in [6.45, 7) is 9.71. The van der Waals surface area contributed by atoms with E-state index in [0.29, 0.717) is 16.1 Å². The summed E-state index contributed by atoms with van der Waals surface area (Å²) in [4.78, 5) is 0. The van der Waals surface area contributed by atoms with Crippen LogP contribution in [0.1, 0.15) is 45.6 Å². The van der Waals surface area contributed by atoms with Crippen molar-refractivity contribution in [1.29, 1.82) is 0 Å². The van der Waals surface area contributed by atoms with Crippen molar-refractivity contribution in [3.05, 3.63) is 33.8 Å². The third-order valence-electron chi connectivity index (χ3n) is 4.19. The van der Waals surface area contributed by atoms with Crippen molar-refractivity contribution in [2.75, 3.05) is 19.6 Å². The minimum absolute atomic E-state index is 0.174. The molecule has 1 aliphatic heterocycles. The van der Waals surface area contributed by atoms with Crippen molar-refractivity contribution in [3.8, 4) is 0 Å².